The van der Waals surface area contributed by atoms with E-state index in [1.54, 1.807) is 6.08 Å². The standard InChI is InChI=1S/C14H18ClNO2/c1-12-5-4-6-13(11-12)18-10-7-14(17)16-9-3-2-8-15/h2-6,11H,7-10H2,1H3,(H,16,17)/b3-2+. The van der Waals surface area contributed by atoms with Crippen molar-refractivity contribution in [3.8, 4) is 5.75 Å². The third-order valence-electron chi connectivity index (χ3n) is 2.26. The molecule has 1 N–H and O–H groups in total. The van der Waals surface area contributed by atoms with Gasteiger partial charge < -0.3 is 10.1 Å². The van der Waals surface area contributed by atoms with Crippen LogP contribution in [0.4, 0.5) is 0 Å². The van der Waals surface area contributed by atoms with Crippen LogP contribution in [-0.2, 0) is 4.79 Å². The number of ether oxygens (including phenoxy) is 1. The summed E-state index contributed by atoms with van der Waals surface area (Å²) in [6.07, 6.45) is 3.97. The monoisotopic (exact) mass is 267 g/mol. The maximum Gasteiger partial charge on any atom is 0.223 e. The second kappa shape index (κ2) is 8.59. The van der Waals surface area contributed by atoms with Crippen LogP contribution in [0.2, 0.25) is 0 Å². The first-order valence-electron chi connectivity index (χ1n) is 5.89. The number of carbonyl (C=O) groups is 1. The number of allylic oxidation sites excluding steroid dienone is 1. The number of carbonyl (C=O) groups excluding carboxylic acids is 1. The Bertz CT molecular complexity index is 405. The van der Waals surface area contributed by atoms with E-state index in [2.05, 4.69) is 5.32 Å². The van der Waals surface area contributed by atoms with Crippen LogP contribution in [0.3, 0.4) is 0 Å². The summed E-state index contributed by atoms with van der Waals surface area (Å²) in [6, 6.07) is 7.76. The van der Waals surface area contributed by atoms with Gasteiger partial charge in [-0.25, -0.2) is 0 Å². The average Bonchev–Trinajstić information content (AvgIpc) is 2.35. The van der Waals surface area contributed by atoms with Crippen molar-refractivity contribution < 1.29 is 9.53 Å². The van der Waals surface area contributed by atoms with Crippen molar-refractivity contribution in [2.45, 2.75) is 13.3 Å². The smallest absolute Gasteiger partial charge is 0.223 e. The van der Waals surface area contributed by atoms with E-state index in [4.69, 9.17) is 16.3 Å². The molecule has 0 heterocycles. The Kier molecular flexibility index (Phi) is 6.96. The molecular weight excluding hydrogens is 250 g/mol. The summed E-state index contributed by atoms with van der Waals surface area (Å²) in [6.45, 7) is 2.90. The number of hydrogen-bond donors (Lipinski definition) is 1. The van der Waals surface area contributed by atoms with Gasteiger partial charge in [-0.05, 0) is 24.6 Å². The lowest BCUT2D eigenvalue weighted by molar-refractivity contribution is -0.121. The molecule has 0 saturated heterocycles. The van der Waals surface area contributed by atoms with Crippen LogP contribution < -0.4 is 10.1 Å². The first-order chi connectivity index (χ1) is 8.72. The number of rotatable bonds is 7. The van der Waals surface area contributed by atoms with E-state index in [1.807, 2.05) is 37.3 Å². The topological polar surface area (TPSA) is 38.3 Å². The molecule has 0 spiro atoms. The molecule has 0 fully saturated rings. The zero-order valence-electron chi connectivity index (χ0n) is 10.5. The summed E-state index contributed by atoms with van der Waals surface area (Å²) in [4.78, 5) is 11.4. The Morgan fingerprint density at radius 2 is 2.28 bits per heavy atom. The van der Waals surface area contributed by atoms with Crippen LogP contribution in [0.5, 0.6) is 5.75 Å². The fourth-order valence-corrected chi connectivity index (χ4v) is 1.50. The van der Waals surface area contributed by atoms with Crippen molar-refractivity contribution in [3.63, 3.8) is 0 Å². The van der Waals surface area contributed by atoms with E-state index in [0.29, 0.717) is 25.5 Å². The van der Waals surface area contributed by atoms with Gasteiger partial charge in [-0.15, -0.1) is 11.6 Å². The summed E-state index contributed by atoms with van der Waals surface area (Å²) in [7, 11) is 0. The van der Waals surface area contributed by atoms with Crippen molar-refractivity contribution in [2.24, 2.45) is 0 Å². The van der Waals surface area contributed by atoms with Crippen molar-refractivity contribution in [1.29, 1.82) is 0 Å². The lowest BCUT2D eigenvalue weighted by atomic mass is 10.2. The van der Waals surface area contributed by atoms with Crippen LogP contribution in [0.1, 0.15) is 12.0 Å². The van der Waals surface area contributed by atoms with Gasteiger partial charge in [-0.1, -0.05) is 24.3 Å². The number of aryl methyl sites for hydroxylation is 1. The minimum Gasteiger partial charge on any atom is -0.493 e. The van der Waals surface area contributed by atoms with Crippen LogP contribution in [0.15, 0.2) is 36.4 Å². The Hall–Kier alpha value is -1.48. The van der Waals surface area contributed by atoms with Gasteiger partial charge in [0.15, 0.2) is 0 Å². The molecule has 18 heavy (non-hydrogen) atoms. The SMILES string of the molecule is Cc1cccc(OCCC(=O)NC/C=C/CCl)c1. The van der Waals surface area contributed by atoms with Crippen molar-refractivity contribution in [2.75, 3.05) is 19.0 Å². The Morgan fingerprint density at radius 1 is 1.44 bits per heavy atom. The zero-order valence-corrected chi connectivity index (χ0v) is 11.2. The molecule has 0 aliphatic rings. The summed E-state index contributed by atoms with van der Waals surface area (Å²) in [5, 5.41) is 2.75. The minimum atomic E-state index is -0.0260. The molecule has 1 aromatic carbocycles. The molecule has 1 rings (SSSR count). The first kappa shape index (κ1) is 14.6. The van der Waals surface area contributed by atoms with Gasteiger partial charge in [0.05, 0.1) is 13.0 Å². The summed E-state index contributed by atoms with van der Waals surface area (Å²) in [5.74, 6) is 1.23. The lowest BCUT2D eigenvalue weighted by Crippen LogP contribution is -2.24. The molecule has 1 amide bonds. The number of benzene rings is 1. The largest absolute Gasteiger partial charge is 0.493 e. The van der Waals surface area contributed by atoms with Crippen LogP contribution in [0, 0.1) is 6.92 Å². The summed E-state index contributed by atoms with van der Waals surface area (Å²) >= 11 is 5.46. The molecule has 1 aromatic rings. The fraction of sp³-hybridized carbons (Fsp3) is 0.357. The second-order valence-corrected chi connectivity index (χ2v) is 4.15. The maximum absolute atomic E-state index is 11.4. The average molecular weight is 268 g/mol. The molecule has 0 aliphatic carbocycles. The van der Waals surface area contributed by atoms with E-state index >= 15 is 0 Å². The number of halogens is 1. The molecule has 0 aromatic heterocycles. The third kappa shape index (κ3) is 6.30. The first-order valence-corrected chi connectivity index (χ1v) is 6.43. The molecule has 0 saturated carbocycles. The molecule has 0 unspecified atom stereocenters. The van der Waals surface area contributed by atoms with Gasteiger partial charge >= 0.3 is 0 Å². The predicted molar refractivity (Wildman–Crippen MR) is 74.2 cm³/mol. The normalized spacial score (nSPS) is 10.6. The van der Waals surface area contributed by atoms with Gasteiger partial charge in [0.25, 0.3) is 0 Å². The molecule has 4 heteroatoms. The highest BCUT2D eigenvalue weighted by Crippen LogP contribution is 2.12. The summed E-state index contributed by atoms with van der Waals surface area (Å²) < 4.78 is 5.48. The molecule has 0 bridgehead atoms. The Morgan fingerprint density at radius 3 is 3.00 bits per heavy atom. The van der Waals surface area contributed by atoms with E-state index < -0.39 is 0 Å². The number of hydrogen-bond acceptors (Lipinski definition) is 2. The number of alkyl halides is 1. The van der Waals surface area contributed by atoms with Crippen LogP contribution in [-0.4, -0.2) is 24.9 Å². The minimum absolute atomic E-state index is 0.0260. The van der Waals surface area contributed by atoms with Gasteiger partial charge in [-0.3, -0.25) is 4.79 Å². The van der Waals surface area contributed by atoms with Crippen molar-refractivity contribution >= 4 is 17.5 Å². The molecule has 0 atom stereocenters. The van der Waals surface area contributed by atoms with E-state index in [1.165, 1.54) is 0 Å². The van der Waals surface area contributed by atoms with Gasteiger partial charge in [0.1, 0.15) is 5.75 Å². The summed E-state index contributed by atoms with van der Waals surface area (Å²) in [5.41, 5.74) is 1.14. The van der Waals surface area contributed by atoms with Gasteiger partial charge in [0.2, 0.25) is 5.91 Å². The molecule has 3 nitrogen and oxygen atoms in total. The van der Waals surface area contributed by atoms with Crippen molar-refractivity contribution in [3.05, 3.63) is 42.0 Å². The van der Waals surface area contributed by atoms with Crippen molar-refractivity contribution in [1.82, 2.24) is 5.32 Å². The number of amides is 1. The van der Waals surface area contributed by atoms with E-state index in [9.17, 15) is 4.79 Å². The van der Waals surface area contributed by atoms with E-state index in [0.717, 1.165) is 11.3 Å². The van der Waals surface area contributed by atoms with Crippen LogP contribution >= 0.6 is 11.6 Å². The predicted octanol–water partition coefficient (Wildman–Crippen LogP) is 2.68. The lowest BCUT2D eigenvalue weighted by Gasteiger charge is -2.06. The van der Waals surface area contributed by atoms with Gasteiger partial charge in [0, 0.05) is 12.4 Å². The quantitative estimate of drug-likeness (QED) is 0.609. The molecular formula is C14H18ClNO2. The van der Waals surface area contributed by atoms with Gasteiger partial charge in [-0.2, -0.15) is 0 Å². The maximum atomic E-state index is 11.4. The molecule has 0 aliphatic heterocycles. The van der Waals surface area contributed by atoms with Crippen LogP contribution in [0.25, 0.3) is 0 Å². The highest BCUT2D eigenvalue weighted by Gasteiger charge is 2.00. The third-order valence-corrected chi connectivity index (χ3v) is 2.44. The Balaban J connectivity index is 2.17. The molecule has 98 valence electrons. The van der Waals surface area contributed by atoms with E-state index in [-0.39, 0.29) is 5.91 Å². The number of nitrogens with one attached hydrogen (secondary N) is 1. The fourth-order valence-electron chi connectivity index (χ4n) is 1.37. The Labute approximate surface area is 113 Å². The zero-order chi connectivity index (χ0) is 13.2. The highest BCUT2D eigenvalue weighted by molar-refractivity contribution is 6.18. The highest BCUT2D eigenvalue weighted by atomic mass is 35.5. The molecule has 0 radical (unpaired) electrons. The second-order valence-electron chi connectivity index (χ2n) is 3.84.